The average molecular weight is 276 g/mol. The predicted molar refractivity (Wildman–Crippen MR) is 72.4 cm³/mol. The van der Waals surface area contributed by atoms with Crippen molar-refractivity contribution >= 4 is 0 Å². The molecule has 1 aromatic carbocycles. The molecule has 5 heteroatoms. The summed E-state index contributed by atoms with van der Waals surface area (Å²) in [5.74, 6) is 0.879. The Bertz CT molecular complexity index is 581. The molecule has 0 radical (unpaired) electrons. The van der Waals surface area contributed by atoms with Gasteiger partial charge >= 0.3 is 0 Å². The maximum atomic E-state index is 13.2. The number of aromatic nitrogens is 1. The van der Waals surface area contributed by atoms with Crippen LogP contribution >= 0.6 is 0 Å². The topological polar surface area (TPSA) is 49.5 Å². The summed E-state index contributed by atoms with van der Waals surface area (Å²) in [5.41, 5.74) is 0.684. The van der Waals surface area contributed by atoms with Crippen molar-refractivity contribution < 1.29 is 13.9 Å². The molecule has 0 spiro atoms. The lowest BCUT2D eigenvalue weighted by atomic mass is 10.2. The molecule has 4 nitrogen and oxygen atoms in total. The van der Waals surface area contributed by atoms with Crippen LogP contribution in [0.2, 0.25) is 0 Å². The van der Waals surface area contributed by atoms with Gasteiger partial charge in [-0.15, -0.1) is 0 Å². The highest BCUT2D eigenvalue weighted by molar-refractivity contribution is 5.56. The van der Waals surface area contributed by atoms with Crippen LogP contribution in [-0.4, -0.2) is 34.2 Å². The zero-order valence-electron chi connectivity index (χ0n) is 11.1. The van der Waals surface area contributed by atoms with Crippen LogP contribution in [0.5, 0.6) is 0 Å². The number of benzene rings is 1. The zero-order chi connectivity index (χ0) is 13.9. The van der Waals surface area contributed by atoms with E-state index in [1.54, 1.807) is 18.3 Å². The van der Waals surface area contributed by atoms with Crippen molar-refractivity contribution in [2.24, 2.45) is 0 Å². The standard InChI is InChI=1S/C15H17FN2O2/c16-12-3-1-2-11(8-12)14-9-17-15(20-14)10-18(6-7-19)13-4-5-13/h1-3,8-9,13,19H,4-7,10H2. The van der Waals surface area contributed by atoms with Gasteiger partial charge < -0.3 is 9.52 Å². The third kappa shape index (κ3) is 3.05. The summed E-state index contributed by atoms with van der Waals surface area (Å²) in [5, 5.41) is 9.07. The van der Waals surface area contributed by atoms with Gasteiger partial charge in [-0.25, -0.2) is 9.37 Å². The Morgan fingerprint density at radius 2 is 2.25 bits per heavy atom. The van der Waals surface area contributed by atoms with E-state index in [1.807, 2.05) is 0 Å². The van der Waals surface area contributed by atoms with Gasteiger partial charge in [0, 0.05) is 18.2 Å². The monoisotopic (exact) mass is 276 g/mol. The van der Waals surface area contributed by atoms with Gasteiger partial charge in [-0.2, -0.15) is 0 Å². The van der Waals surface area contributed by atoms with Crippen molar-refractivity contribution in [3.05, 3.63) is 42.2 Å². The van der Waals surface area contributed by atoms with Crippen LogP contribution in [0, 0.1) is 5.82 Å². The molecule has 0 aliphatic heterocycles. The maximum Gasteiger partial charge on any atom is 0.209 e. The molecule has 0 amide bonds. The summed E-state index contributed by atoms with van der Waals surface area (Å²) < 4.78 is 18.9. The van der Waals surface area contributed by atoms with Crippen molar-refractivity contribution in [1.29, 1.82) is 0 Å². The second-order valence-corrected chi connectivity index (χ2v) is 5.05. The number of hydrogen-bond acceptors (Lipinski definition) is 4. The summed E-state index contributed by atoms with van der Waals surface area (Å²) in [4.78, 5) is 6.41. The first-order valence-electron chi connectivity index (χ1n) is 6.82. The van der Waals surface area contributed by atoms with Crippen LogP contribution in [0.1, 0.15) is 18.7 Å². The Hall–Kier alpha value is -1.72. The third-order valence-electron chi connectivity index (χ3n) is 3.45. The minimum Gasteiger partial charge on any atom is -0.439 e. The van der Waals surface area contributed by atoms with Crippen LogP contribution in [0.25, 0.3) is 11.3 Å². The van der Waals surface area contributed by atoms with E-state index in [4.69, 9.17) is 9.52 Å². The summed E-state index contributed by atoms with van der Waals surface area (Å²) in [6.07, 6.45) is 3.95. The van der Waals surface area contributed by atoms with Crippen molar-refractivity contribution in [2.45, 2.75) is 25.4 Å². The van der Waals surface area contributed by atoms with E-state index < -0.39 is 0 Å². The Balaban J connectivity index is 1.73. The van der Waals surface area contributed by atoms with Crippen LogP contribution in [0.15, 0.2) is 34.9 Å². The number of aliphatic hydroxyl groups is 1. The number of hydrogen-bond donors (Lipinski definition) is 1. The van der Waals surface area contributed by atoms with E-state index in [1.165, 1.54) is 12.1 Å². The summed E-state index contributed by atoms with van der Waals surface area (Å²) in [6, 6.07) is 6.80. The second kappa shape index (κ2) is 5.73. The first-order chi connectivity index (χ1) is 9.76. The summed E-state index contributed by atoms with van der Waals surface area (Å²) >= 11 is 0. The first-order valence-corrected chi connectivity index (χ1v) is 6.82. The highest BCUT2D eigenvalue weighted by Gasteiger charge is 2.29. The van der Waals surface area contributed by atoms with Gasteiger partial charge in [-0.3, -0.25) is 4.90 Å². The number of rotatable bonds is 6. The number of nitrogens with zero attached hydrogens (tertiary/aromatic N) is 2. The van der Waals surface area contributed by atoms with E-state index in [0.29, 0.717) is 36.3 Å². The van der Waals surface area contributed by atoms with Crippen LogP contribution in [0.3, 0.4) is 0 Å². The van der Waals surface area contributed by atoms with Gasteiger partial charge in [0.15, 0.2) is 5.76 Å². The van der Waals surface area contributed by atoms with Gasteiger partial charge in [-0.1, -0.05) is 12.1 Å². The molecule has 2 aromatic rings. The van der Waals surface area contributed by atoms with Gasteiger partial charge in [-0.05, 0) is 25.0 Å². The molecular weight excluding hydrogens is 259 g/mol. The average Bonchev–Trinajstić information content (AvgIpc) is 3.18. The Morgan fingerprint density at radius 3 is 2.95 bits per heavy atom. The molecule has 3 rings (SSSR count). The number of halogens is 1. The predicted octanol–water partition coefficient (Wildman–Crippen LogP) is 2.44. The fraction of sp³-hybridized carbons (Fsp3) is 0.400. The number of aliphatic hydroxyl groups excluding tert-OH is 1. The highest BCUT2D eigenvalue weighted by Crippen LogP contribution is 2.28. The van der Waals surface area contributed by atoms with Crippen LogP contribution in [-0.2, 0) is 6.54 Å². The molecule has 0 saturated heterocycles. The van der Waals surface area contributed by atoms with E-state index in [9.17, 15) is 4.39 Å². The minimum atomic E-state index is -0.291. The summed E-state index contributed by atoms with van der Waals surface area (Å²) in [7, 11) is 0. The lowest BCUT2D eigenvalue weighted by molar-refractivity contribution is 0.172. The lowest BCUT2D eigenvalue weighted by Gasteiger charge is -2.18. The normalized spacial score (nSPS) is 14.9. The van der Waals surface area contributed by atoms with Crippen molar-refractivity contribution in [3.8, 4) is 11.3 Å². The van der Waals surface area contributed by atoms with Gasteiger partial charge in [0.1, 0.15) is 5.82 Å². The van der Waals surface area contributed by atoms with Gasteiger partial charge in [0.2, 0.25) is 5.89 Å². The van der Waals surface area contributed by atoms with E-state index >= 15 is 0 Å². The van der Waals surface area contributed by atoms with Gasteiger partial charge in [0.25, 0.3) is 0 Å². The molecule has 0 bridgehead atoms. The smallest absolute Gasteiger partial charge is 0.209 e. The highest BCUT2D eigenvalue weighted by atomic mass is 19.1. The first kappa shape index (κ1) is 13.3. The number of oxazole rings is 1. The minimum absolute atomic E-state index is 0.133. The van der Waals surface area contributed by atoms with E-state index in [0.717, 1.165) is 12.8 Å². The molecule has 1 heterocycles. The molecule has 1 fully saturated rings. The molecule has 1 aliphatic carbocycles. The summed E-state index contributed by atoms with van der Waals surface area (Å²) in [6.45, 7) is 1.34. The Labute approximate surface area is 116 Å². The van der Waals surface area contributed by atoms with Crippen molar-refractivity contribution in [2.75, 3.05) is 13.2 Å². The molecule has 1 aliphatic rings. The molecule has 20 heavy (non-hydrogen) atoms. The molecule has 0 atom stereocenters. The zero-order valence-corrected chi connectivity index (χ0v) is 11.1. The molecular formula is C15H17FN2O2. The molecule has 1 aromatic heterocycles. The maximum absolute atomic E-state index is 13.2. The van der Waals surface area contributed by atoms with Crippen molar-refractivity contribution in [3.63, 3.8) is 0 Å². The van der Waals surface area contributed by atoms with Gasteiger partial charge in [0.05, 0.1) is 19.3 Å². The fourth-order valence-corrected chi connectivity index (χ4v) is 2.29. The van der Waals surface area contributed by atoms with E-state index in [2.05, 4.69) is 9.88 Å². The second-order valence-electron chi connectivity index (χ2n) is 5.05. The van der Waals surface area contributed by atoms with Crippen LogP contribution in [0.4, 0.5) is 4.39 Å². The lowest BCUT2D eigenvalue weighted by Crippen LogP contribution is -2.28. The van der Waals surface area contributed by atoms with Crippen LogP contribution < -0.4 is 0 Å². The SMILES string of the molecule is OCCN(Cc1ncc(-c2cccc(F)c2)o1)C1CC1. The molecule has 106 valence electrons. The fourth-order valence-electron chi connectivity index (χ4n) is 2.29. The molecule has 0 unspecified atom stereocenters. The Kier molecular flexibility index (Phi) is 3.80. The Morgan fingerprint density at radius 1 is 1.40 bits per heavy atom. The van der Waals surface area contributed by atoms with E-state index in [-0.39, 0.29) is 12.4 Å². The third-order valence-corrected chi connectivity index (χ3v) is 3.45. The quantitative estimate of drug-likeness (QED) is 0.880. The van der Waals surface area contributed by atoms with Crippen molar-refractivity contribution in [1.82, 2.24) is 9.88 Å². The molecule has 1 saturated carbocycles. The largest absolute Gasteiger partial charge is 0.439 e. The molecule has 1 N–H and O–H groups in total.